The molecule has 1 fully saturated rings. The van der Waals surface area contributed by atoms with E-state index in [0.717, 1.165) is 22.2 Å². The fourth-order valence-electron chi connectivity index (χ4n) is 3.68. The first-order chi connectivity index (χ1) is 10.6. The van der Waals surface area contributed by atoms with E-state index in [9.17, 15) is 4.79 Å². The molecule has 0 radical (unpaired) electrons. The molecule has 0 amide bonds. The lowest BCUT2D eigenvalue weighted by atomic mass is 9.94. The number of ether oxygens (including phenoxy) is 1. The van der Waals surface area contributed by atoms with Gasteiger partial charge >= 0.3 is 5.97 Å². The lowest BCUT2D eigenvalue weighted by Crippen LogP contribution is -2.22. The Bertz CT molecular complexity index is 686. The van der Waals surface area contributed by atoms with Gasteiger partial charge in [-0.2, -0.15) is 11.8 Å². The zero-order valence-corrected chi connectivity index (χ0v) is 14.3. The fraction of sp³-hybridized carbons (Fsp3) is 0.500. The number of hydrogen-bond acceptors (Lipinski definition) is 3. The van der Waals surface area contributed by atoms with Gasteiger partial charge in [0.2, 0.25) is 0 Å². The fourth-order valence-corrected chi connectivity index (χ4v) is 4.83. The third-order valence-electron chi connectivity index (χ3n) is 4.90. The molecule has 0 aliphatic carbocycles. The molecule has 3 rings (SSSR count). The molecule has 1 aliphatic heterocycles. The molecule has 1 saturated heterocycles. The van der Waals surface area contributed by atoms with Crippen LogP contribution in [0.2, 0.25) is 0 Å². The van der Waals surface area contributed by atoms with Crippen LogP contribution < -0.4 is 0 Å². The highest BCUT2D eigenvalue weighted by molar-refractivity contribution is 7.99. The first kappa shape index (κ1) is 15.5. The summed E-state index contributed by atoms with van der Waals surface area (Å²) in [5.41, 5.74) is 2.89. The van der Waals surface area contributed by atoms with Gasteiger partial charge in [-0.3, -0.25) is 0 Å². The average Bonchev–Trinajstić information content (AvgIpc) is 2.86. The maximum absolute atomic E-state index is 12.2. The first-order valence-electron chi connectivity index (χ1n) is 7.90. The summed E-state index contributed by atoms with van der Waals surface area (Å²) in [5.74, 6) is 2.94. The minimum atomic E-state index is -0.237. The van der Waals surface area contributed by atoms with Gasteiger partial charge in [0.15, 0.2) is 0 Å². The van der Waals surface area contributed by atoms with Crippen molar-refractivity contribution in [3.05, 3.63) is 35.5 Å². The number of aromatic nitrogens is 1. The second-order valence-electron chi connectivity index (χ2n) is 6.03. The average molecular weight is 317 g/mol. The Balaban J connectivity index is 2.12. The number of fused-ring (bicyclic) bond motifs is 1. The number of esters is 1. The minimum Gasteiger partial charge on any atom is -0.465 e. The molecular weight excluding hydrogens is 294 g/mol. The molecule has 0 N–H and O–H groups in total. The van der Waals surface area contributed by atoms with Gasteiger partial charge < -0.3 is 9.30 Å². The van der Waals surface area contributed by atoms with Crippen LogP contribution in [0.15, 0.2) is 24.3 Å². The van der Waals surface area contributed by atoms with Gasteiger partial charge in [-0.1, -0.05) is 18.2 Å². The van der Waals surface area contributed by atoms with Crippen molar-refractivity contribution >= 4 is 28.6 Å². The van der Waals surface area contributed by atoms with Crippen LogP contribution >= 0.6 is 11.8 Å². The third kappa shape index (κ3) is 2.54. The molecule has 2 heterocycles. The standard InChI is InChI=1S/C18H23NO2S/c1-12(14-8-10-22-11-9-14)19-13(2)17(18(20)21-3)15-6-4-5-7-16(15)19/h4-7,12,14H,8-11H2,1-3H3. The molecule has 1 aromatic carbocycles. The highest BCUT2D eigenvalue weighted by atomic mass is 32.2. The van der Waals surface area contributed by atoms with Crippen molar-refractivity contribution in [2.24, 2.45) is 5.92 Å². The molecule has 0 saturated carbocycles. The van der Waals surface area contributed by atoms with E-state index in [2.05, 4.69) is 17.6 Å². The molecule has 1 atom stereocenters. The second kappa shape index (κ2) is 6.37. The first-order valence-corrected chi connectivity index (χ1v) is 9.06. The topological polar surface area (TPSA) is 31.2 Å². The van der Waals surface area contributed by atoms with Gasteiger partial charge in [-0.15, -0.1) is 0 Å². The molecule has 0 spiro atoms. The summed E-state index contributed by atoms with van der Waals surface area (Å²) in [4.78, 5) is 12.2. The predicted molar refractivity (Wildman–Crippen MR) is 92.8 cm³/mol. The summed E-state index contributed by atoms with van der Waals surface area (Å²) >= 11 is 2.05. The highest BCUT2D eigenvalue weighted by Crippen LogP contribution is 2.37. The van der Waals surface area contributed by atoms with Gasteiger partial charge in [0.1, 0.15) is 0 Å². The van der Waals surface area contributed by atoms with Crippen molar-refractivity contribution in [2.75, 3.05) is 18.6 Å². The largest absolute Gasteiger partial charge is 0.465 e. The Morgan fingerprint density at radius 1 is 1.32 bits per heavy atom. The molecule has 3 nitrogen and oxygen atoms in total. The van der Waals surface area contributed by atoms with E-state index < -0.39 is 0 Å². The van der Waals surface area contributed by atoms with Gasteiger partial charge in [0.25, 0.3) is 0 Å². The molecule has 22 heavy (non-hydrogen) atoms. The number of thioether (sulfide) groups is 1. The molecule has 4 heteroatoms. The van der Waals surface area contributed by atoms with E-state index >= 15 is 0 Å². The van der Waals surface area contributed by atoms with Gasteiger partial charge in [-0.25, -0.2) is 4.79 Å². The van der Waals surface area contributed by atoms with Crippen molar-refractivity contribution < 1.29 is 9.53 Å². The number of hydrogen-bond donors (Lipinski definition) is 0. The summed E-state index contributed by atoms with van der Waals surface area (Å²) in [7, 11) is 1.45. The summed E-state index contributed by atoms with van der Waals surface area (Å²) in [6, 6.07) is 8.57. The third-order valence-corrected chi connectivity index (χ3v) is 5.95. The van der Waals surface area contributed by atoms with Crippen LogP contribution in [0.4, 0.5) is 0 Å². The van der Waals surface area contributed by atoms with E-state index in [4.69, 9.17) is 4.74 Å². The van der Waals surface area contributed by atoms with Crippen molar-refractivity contribution in [3.63, 3.8) is 0 Å². The maximum Gasteiger partial charge on any atom is 0.340 e. The van der Waals surface area contributed by atoms with E-state index in [1.54, 1.807) is 0 Å². The van der Waals surface area contributed by atoms with Crippen LogP contribution in [-0.2, 0) is 4.74 Å². The number of rotatable bonds is 3. The van der Waals surface area contributed by atoms with E-state index in [1.165, 1.54) is 31.5 Å². The normalized spacial score (nSPS) is 17.6. The van der Waals surface area contributed by atoms with Crippen molar-refractivity contribution in [1.29, 1.82) is 0 Å². The quantitative estimate of drug-likeness (QED) is 0.784. The summed E-state index contributed by atoms with van der Waals surface area (Å²) in [5, 5.41) is 1.00. The minimum absolute atomic E-state index is 0.237. The van der Waals surface area contributed by atoms with Gasteiger partial charge in [-0.05, 0) is 50.2 Å². The van der Waals surface area contributed by atoms with Gasteiger partial charge in [0.05, 0.1) is 12.7 Å². The van der Waals surface area contributed by atoms with Crippen LogP contribution in [0, 0.1) is 12.8 Å². The molecule has 118 valence electrons. The molecule has 2 aromatic rings. The van der Waals surface area contributed by atoms with Crippen LogP contribution in [0.1, 0.15) is 41.9 Å². The zero-order chi connectivity index (χ0) is 15.7. The van der Waals surface area contributed by atoms with Crippen LogP contribution in [0.3, 0.4) is 0 Å². The molecule has 1 aliphatic rings. The molecular formula is C18H23NO2S. The second-order valence-corrected chi connectivity index (χ2v) is 7.25. The number of para-hydroxylation sites is 1. The summed E-state index contributed by atoms with van der Waals surface area (Å²) in [6.45, 7) is 4.33. The lowest BCUT2D eigenvalue weighted by Gasteiger charge is -2.30. The number of benzene rings is 1. The van der Waals surface area contributed by atoms with Gasteiger partial charge in [0, 0.05) is 22.6 Å². The zero-order valence-electron chi connectivity index (χ0n) is 13.5. The monoisotopic (exact) mass is 317 g/mol. The Labute approximate surface area is 136 Å². The molecule has 0 bridgehead atoms. The Hall–Kier alpha value is -1.42. The van der Waals surface area contributed by atoms with E-state index in [0.29, 0.717) is 12.0 Å². The van der Waals surface area contributed by atoms with Crippen LogP contribution in [-0.4, -0.2) is 29.2 Å². The maximum atomic E-state index is 12.2. The smallest absolute Gasteiger partial charge is 0.340 e. The molecule has 1 unspecified atom stereocenters. The molecule has 1 aromatic heterocycles. The van der Waals surface area contributed by atoms with E-state index in [1.807, 2.05) is 36.9 Å². The Kier molecular flexibility index (Phi) is 4.48. The SMILES string of the molecule is COC(=O)c1c(C)n(C(C)C2CCSCC2)c2ccccc12. The van der Waals surface area contributed by atoms with Crippen LogP contribution in [0.25, 0.3) is 10.9 Å². The Morgan fingerprint density at radius 3 is 2.68 bits per heavy atom. The lowest BCUT2D eigenvalue weighted by molar-refractivity contribution is 0.0601. The summed E-state index contributed by atoms with van der Waals surface area (Å²) in [6.07, 6.45) is 2.51. The number of carbonyl (C=O) groups is 1. The summed E-state index contributed by atoms with van der Waals surface area (Å²) < 4.78 is 7.36. The van der Waals surface area contributed by atoms with Crippen molar-refractivity contribution in [1.82, 2.24) is 4.57 Å². The van der Waals surface area contributed by atoms with Crippen molar-refractivity contribution in [3.8, 4) is 0 Å². The predicted octanol–water partition coefficient (Wildman–Crippen LogP) is 4.44. The van der Waals surface area contributed by atoms with Crippen LogP contribution in [0.5, 0.6) is 0 Å². The number of nitrogens with zero attached hydrogens (tertiary/aromatic N) is 1. The number of methoxy groups -OCH3 is 1. The Morgan fingerprint density at radius 2 is 2.00 bits per heavy atom. The van der Waals surface area contributed by atoms with E-state index in [-0.39, 0.29) is 5.97 Å². The highest BCUT2D eigenvalue weighted by Gasteiger charge is 2.27. The van der Waals surface area contributed by atoms with Crippen molar-refractivity contribution in [2.45, 2.75) is 32.7 Å². The number of carbonyl (C=O) groups excluding carboxylic acids is 1.